The lowest BCUT2D eigenvalue weighted by Crippen LogP contribution is -2.88. The second-order valence-corrected chi connectivity index (χ2v) is 6.68. The molecule has 1 aliphatic rings. The van der Waals surface area contributed by atoms with E-state index in [1.54, 1.807) is 0 Å². The maximum Gasteiger partial charge on any atom is 0.235 e. The van der Waals surface area contributed by atoms with E-state index in [0.29, 0.717) is 20.8 Å². The molecule has 0 aromatic carbocycles. The first-order chi connectivity index (χ1) is 12.6. The molecule has 0 aromatic rings. The number of hydrogen-bond acceptors (Lipinski definition) is 11. The highest BCUT2D eigenvalue weighted by molar-refractivity contribution is 6.06. The number of ether oxygens (including phenoxy) is 1. The molecular formula is C16H24N2O10. The van der Waals surface area contributed by atoms with Crippen LogP contribution in [0.4, 0.5) is 0 Å². The summed E-state index contributed by atoms with van der Waals surface area (Å²) in [6.07, 6.45) is -6.83. The van der Waals surface area contributed by atoms with Gasteiger partial charge >= 0.3 is 0 Å². The van der Waals surface area contributed by atoms with Crippen LogP contribution in [0.25, 0.3) is 0 Å². The normalized spacial score (nSPS) is 36.3. The Hall–Kier alpha value is -2.09. The van der Waals surface area contributed by atoms with Gasteiger partial charge in [0.05, 0.1) is 6.54 Å². The number of ketones is 4. The Morgan fingerprint density at radius 1 is 0.964 bits per heavy atom. The van der Waals surface area contributed by atoms with E-state index in [0.717, 1.165) is 6.92 Å². The van der Waals surface area contributed by atoms with E-state index in [1.807, 2.05) is 5.32 Å². The predicted octanol–water partition coefficient (Wildman–Crippen LogP) is -4.30. The molecule has 12 nitrogen and oxygen atoms in total. The monoisotopic (exact) mass is 404 g/mol. The third-order valence-electron chi connectivity index (χ3n) is 4.94. The highest BCUT2D eigenvalue weighted by Gasteiger charge is 2.79. The second-order valence-electron chi connectivity index (χ2n) is 6.68. The van der Waals surface area contributed by atoms with E-state index >= 15 is 0 Å². The van der Waals surface area contributed by atoms with Gasteiger partial charge in [-0.25, -0.2) is 0 Å². The predicted molar refractivity (Wildman–Crippen MR) is 89.4 cm³/mol. The number of aliphatic hydroxyl groups excluding tert-OH is 1. The molecule has 6 atom stereocenters. The largest absolute Gasteiger partial charge is 0.382 e. The van der Waals surface area contributed by atoms with Gasteiger partial charge in [0.15, 0.2) is 35.0 Å². The molecule has 158 valence electrons. The van der Waals surface area contributed by atoms with Crippen LogP contribution in [0.3, 0.4) is 0 Å². The summed E-state index contributed by atoms with van der Waals surface area (Å²) in [6, 6.07) is 0. The third kappa shape index (κ3) is 3.07. The molecule has 0 aromatic heterocycles. The standard InChI is InChI=1S/C16H24N2O10/c1-6(19)11(24)12-14(25,7(2)20)16(27,9(4)22)15(26,8(3)21)13(28-12)18-10(23)5-17/h11-13,24-27H,5,17H2,1-4H3,(H,18,23)/t11?,12-,13-,14-,15+,16+/m1/s1. The Labute approximate surface area is 159 Å². The van der Waals surface area contributed by atoms with Gasteiger partial charge in [0.25, 0.3) is 0 Å². The molecule has 0 bridgehead atoms. The Morgan fingerprint density at radius 2 is 1.43 bits per heavy atom. The van der Waals surface area contributed by atoms with Gasteiger partial charge in [-0.1, -0.05) is 0 Å². The SMILES string of the molecule is CC(=O)C(O)[C@H]1O[C@@H](NC(=O)CN)[C@@](O)(C(C)=O)[C@](O)(C(C)=O)[C@@]1(O)C(C)=O. The topological polar surface area (TPSA) is 214 Å². The first-order valence-electron chi connectivity index (χ1n) is 8.17. The summed E-state index contributed by atoms with van der Waals surface area (Å²) in [5.41, 5.74) is -5.23. The molecule has 28 heavy (non-hydrogen) atoms. The summed E-state index contributed by atoms with van der Waals surface area (Å²) in [4.78, 5) is 60.3. The summed E-state index contributed by atoms with van der Waals surface area (Å²) in [7, 11) is 0. The highest BCUT2D eigenvalue weighted by Crippen LogP contribution is 2.46. The molecule has 1 heterocycles. The van der Waals surface area contributed by atoms with Crippen LogP contribution in [0.1, 0.15) is 27.7 Å². The molecule has 7 N–H and O–H groups in total. The van der Waals surface area contributed by atoms with Crippen LogP contribution in [0, 0.1) is 0 Å². The second kappa shape index (κ2) is 7.73. The van der Waals surface area contributed by atoms with Crippen molar-refractivity contribution in [3.63, 3.8) is 0 Å². The molecule has 1 amide bonds. The van der Waals surface area contributed by atoms with Crippen LogP contribution in [-0.2, 0) is 28.7 Å². The number of rotatable bonds is 7. The zero-order valence-electron chi connectivity index (χ0n) is 15.8. The molecule has 0 saturated carbocycles. The molecule has 0 aliphatic carbocycles. The van der Waals surface area contributed by atoms with Crippen molar-refractivity contribution in [1.82, 2.24) is 5.32 Å². The van der Waals surface area contributed by atoms with Gasteiger partial charge in [0.1, 0.15) is 12.2 Å². The number of nitrogens with two attached hydrogens (primary N) is 1. The zero-order chi connectivity index (χ0) is 22.2. The van der Waals surface area contributed by atoms with Gasteiger partial charge in [-0.3, -0.25) is 24.0 Å². The van der Waals surface area contributed by atoms with E-state index < -0.39 is 70.8 Å². The van der Waals surface area contributed by atoms with Crippen molar-refractivity contribution in [2.24, 2.45) is 5.73 Å². The van der Waals surface area contributed by atoms with Crippen molar-refractivity contribution >= 4 is 29.0 Å². The maximum absolute atomic E-state index is 12.4. The summed E-state index contributed by atoms with van der Waals surface area (Å²) >= 11 is 0. The minimum Gasteiger partial charge on any atom is -0.382 e. The van der Waals surface area contributed by atoms with Crippen LogP contribution in [0.5, 0.6) is 0 Å². The van der Waals surface area contributed by atoms with Crippen LogP contribution >= 0.6 is 0 Å². The molecule has 0 radical (unpaired) electrons. The van der Waals surface area contributed by atoms with Crippen molar-refractivity contribution in [1.29, 1.82) is 0 Å². The average Bonchev–Trinajstić information content (AvgIpc) is 2.60. The lowest BCUT2D eigenvalue weighted by molar-refractivity contribution is -0.330. The number of hydrogen-bond donors (Lipinski definition) is 6. The average molecular weight is 404 g/mol. The Kier molecular flexibility index (Phi) is 6.62. The first kappa shape index (κ1) is 23.9. The van der Waals surface area contributed by atoms with E-state index in [2.05, 4.69) is 0 Å². The number of nitrogens with one attached hydrogen (secondary N) is 1. The van der Waals surface area contributed by atoms with Crippen molar-refractivity contribution in [3.05, 3.63) is 0 Å². The number of carbonyl (C=O) groups excluding carboxylic acids is 5. The van der Waals surface area contributed by atoms with E-state index in [9.17, 15) is 44.4 Å². The van der Waals surface area contributed by atoms with Crippen LogP contribution < -0.4 is 11.1 Å². The fraction of sp³-hybridized carbons (Fsp3) is 0.688. The third-order valence-corrected chi connectivity index (χ3v) is 4.94. The molecule has 1 unspecified atom stereocenters. The quantitative estimate of drug-likeness (QED) is 0.239. The van der Waals surface area contributed by atoms with Crippen molar-refractivity contribution in [2.75, 3.05) is 6.54 Å². The fourth-order valence-electron chi connectivity index (χ4n) is 3.32. The number of aliphatic hydroxyl groups is 4. The number of carbonyl (C=O) groups is 5. The smallest absolute Gasteiger partial charge is 0.235 e. The van der Waals surface area contributed by atoms with Gasteiger partial charge in [0, 0.05) is 0 Å². The maximum atomic E-state index is 12.4. The minimum absolute atomic E-state index is 0.659. The Morgan fingerprint density at radius 3 is 1.75 bits per heavy atom. The molecule has 12 heteroatoms. The van der Waals surface area contributed by atoms with Crippen molar-refractivity contribution in [3.8, 4) is 0 Å². The van der Waals surface area contributed by atoms with Crippen LogP contribution in [0.2, 0.25) is 0 Å². The van der Waals surface area contributed by atoms with Crippen molar-refractivity contribution in [2.45, 2.75) is 62.9 Å². The molecule has 0 spiro atoms. The van der Waals surface area contributed by atoms with E-state index in [-0.39, 0.29) is 0 Å². The summed E-state index contributed by atoms with van der Waals surface area (Å²) < 4.78 is 5.17. The van der Waals surface area contributed by atoms with Gasteiger partial charge in [-0.05, 0) is 27.7 Å². The van der Waals surface area contributed by atoms with E-state index in [1.165, 1.54) is 0 Å². The zero-order valence-corrected chi connectivity index (χ0v) is 15.8. The van der Waals surface area contributed by atoms with Gasteiger partial charge < -0.3 is 36.2 Å². The molecule has 1 fully saturated rings. The minimum atomic E-state index is -3.59. The first-order valence-corrected chi connectivity index (χ1v) is 8.17. The number of Topliss-reactive ketones (excluding diaryl/α,β-unsaturated/α-hetero) is 4. The van der Waals surface area contributed by atoms with Crippen LogP contribution in [0.15, 0.2) is 0 Å². The van der Waals surface area contributed by atoms with Gasteiger partial charge in [0.2, 0.25) is 17.1 Å². The molecule has 1 saturated heterocycles. The van der Waals surface area contributed by atoms with Gasteiger partial charge in [-0.2, -0.15) is 0 Å². The highest BCUT2D eigenvalue weighted by atomic mass is 16.6. The summed E-state index contributed by atoms with van der Waals surface area (Å²) in [5, 5.41) is 45.2. The summed E-state index contributed by atoms with van der Waals surface area (Å²) in [5.74, 6) is -6.26. The molecular weight excluding hydrogens is 380 g/mol. The van der Waals surface area contributed by atoms with Crippen LogP contribution in [-0.4, -0.2) is 91.3 Å². The lowest BCUT2D eigenvalue weighted by atomic mass is 9.59. The fourth-order valence-corrected chi connectivity index (χ4v) is 3.32. The lowest BCUT2D eigenvalue weighted by Gasteiger charge is -2.58. The van der Waals surface area contributed by atoms with Crippen molar-refractivity contribution < 1.29 is 49.1 Å². The van der Waals surface area contributed by atoms with Gasteiger partial charge in [-0.15, -0.1) is 0 Å². The number of amides is 1. The molecule has 1 rings (SSSR count). The summed E-state index contributed by atoms with van der Waals surface area (Å²) in [6.45, 7) is 2.26. The van der Waals surface area contributed by atoms with E-state index in [4.69, 9.17) is 10.5 Å². The Balaban J connectivity index is 3.93. The molecule has 1 aliphatic heterocycles. The Bertz CT molecular complexity index is 724.